The highest BCUT2D eigenvalue weighted by molar-refractivity contribution is 5.92. The zero-order chi connectivity index (χ0) is 25.9. The van der Waals surface area contributed by atoms with Gasteiger partial charge in [0.25, 0.3) is 5.91 Å². The first-order valence-electron chi connectivity index (χ1n) is 11.3. The van der Waals surface area contributed by atoms with Gasteiger partial charge < -0.3 is 24.7 Å². The monoisotopic (exact) mass is 498 g/mol. The van der Waals surface area contributed by atoms with Gasteiger partial charge in [-0.1, -0.05) is 6.07 Å². The van der Waals surface area contributed by atoms with Gasteiger partial charge in [-0.25, -0.2) is 9.97 Å². The van der Waals surface area contributed by atoms with Crippen molar-refractivity contribution in [1.29, 1.82) is 0 Å². The quantitative estimate of drug-likeness (QED) is 0.302. The van der Waals surface area contributed by atoms with Crippen LogP contribution in [0.4, 0.5) is 16.0 Å². The van der Waals surface area contributed by atoms with Crippen molar-refractivity contribution in [1.82, 2.24) is 24.8 Å². The number of halogens is 1. The number of hydrogen-bond donors (Lipinski definition) is 2. The molecule has 0 aliphatic rings. The fraction of sp³-hybridized carbons (Fsp3) is 0.111. The van der Waals surface area contributed by atoms with E-state index in [1.807, 2.05) is 48.0 Å². The lowest BCUT2D eigenvalue weighted by Gasteiger charge is -2.13. The molecule has 5 aromatic rings. The molecule has 0 saturated carbocycles. The minimum absolute atomic E-state index is 0.260. The van der Waals surface area contributed by atoms with Crippen LogP contribution in [0.25, 0.3) is 22.2 Å². The smallest absolute Gasteiger partial charge is 0.269 e. The number of aromatic nitrogens is 4. The van der Waals surface area contributed by atoms with E-state index in [0.29, 0.717) is 40.0 Å². The molecule has 0 spiro atoms. The van der Waals surface area contributed by atoms with Crippen LogP contribution in [0.1, 0.15) is 10.5 Å². The number of carbonyl (C=O) groups excluding carboxylic acids is 1. The standard InChI is InChI=1S/C27H23FN6O3/c1-29-26(35)22-15-19(9-11-30-22)37-18-5-6-23-20(14-18)32-27(34(23)2)33-21-12-16(4-7-24(21)36-3)17-8-10-31-25(28)13-17/h4-15H,1-3H3,(H,29,35)(H,32,33). The van der Waals surface area contributed by atoms with Gasteiger partial charge in [-0.05, 0) is 47.5 Å². The van der Waals surface area contributed by atoms with Crippen molar-refractivity contribution in [2.45, 2.75) is 0 Å². The van der Waals surface area contributed by atoms with Crippen molar-refractivity contribution >= 4 is 28.6 Å². The minimum atomic E-state index is -0.548. The molecule has 10 heteroatoms. The summed E-state index contributed by atoms with van der Waals surface area (Å²) in [6.07, 6.45) is 2.95. The van der Waals surface area contributed by atoms with Crippen LogP contribution in [-0.4, -0.2) is 39.6 Å². The van der Waals surface area contributed by atoms with Gasteiger partial charge in [0, 0.05) is 44.7 Å². The maximum absolute atomic E-state index is 13.7. The van der Waals surface area contributed by atoms with Crippen LogP contribution in [0.5, 0.6) is 17.2 Å². The van der Waals surface area contributed by atoms with Gasteiger partial charge in [-0.3, -0.25) is 9.78 Å². The van der Waals surface area contributed by atoms with Crippen LogP contribution < -0.4 is 20.1 Å². The van der Waals surface area contributed by atoms with E-state index in [-0.39, 0.29) is 11.6 Å². The fourth-order valence-corrected chi connectivity index (χ4v) is 3.91. The summed E-state index contributed by atoms with van der Waals surface area (Å²) in [5, 5.41) is 5.87. The molecule has 3 aromatic heterocycles. The van der Waals surface area contributed by atoms with E-state index < -0.39 is 5.95 Å². The van der Waals surface area contributed by atoms with E-state index in [9.17, 15) is 9.18 Å². The Morgan fingerprint density at radius 3 is 2.51 bits per heavy atom. The average Bonchev–Trinajstić information content (AvgIpc) is 3.22. The third kappa shape index (κ3) is 4.90. The summed E-state index contributed by atoms with van der Waals surface area (Å²) in [5.41, 5.74) is 4.01. The lowest BCUT2D eigenvalue weighted by molar-refractivity contribution is 0.0958. The van der Waals surface area contributed by atoms with Gasteiger partial charge in [0.05, 0.1) is 23.8 Å². The highest BCUT2D eigenvalue weighted by Crippen LogP contribution is 2.34. The Kier molecular flexibility index (Phi) is 6.38. The number of nitrogens with zero attached hydrogens (tertiary/aromatic N) is 4. The van der Waals surface area contributed by atoms with E-state index in [4.69, 9.17) is 14.5 Å². The van der Waals surface area contributed by atoms with E-state index in [2.05, 4.69) is 20.6 Å². The van der Waals surface area contributed by atoms with Crippen LogP contribution in [-0.2, 0) is 7.05 Å². The first-order chi connectivity index (χ1) is 17.9. The number of amides is 1. The predicted molar refractivity (Wildman–Crippen MR) is 138 cm³/mol. The van der Waals surface area contributed by atoms with E-state index in [1.165, 1.54) is 18.5 Å². The van der Waals surface area contributed by atoms with Crippen LogP contribution in [0.3, 0.4) is 0 Å². The number of hydrogen-bond acceptors (Lipinski definition) is 7. The van der Waals surface area contributed by atoms with Gasteiger partial charge >= 0.3 is 0 Å². The molecule has 1 amide bonds. The Hall–Kier alpha value is -4.99. The number of fused-ring (bicyclic) bond motifs is 1. The van der Waals surface area contributed by atoms with Crippen LogP contribution in [0.2, 0.25) is 0 Å². The molecule has 0 fully saturated rings. The number of ether oxygens (including phenoxy) is 2. The fourth-order valence-electron chi connectivity index (χ4n) is 3.91. The maximum Gasteiger partial charge on any atom is 0.269 e. The van der Waals surface area contributed by atoms with Gasteiger partial charge in [0.15, 0.2) is 0 Å². The number of aryl methyl sites for hydroxylation is 1. The molecule has 186 valence electrons. The zero-order valence-corrected chi connectivity index (χ0v) is 20.3. The maximum atomic E-state index is 13.7. The number of imidazole rings is 1. The summed E-state index contributed by atoms with van der Waals surface area (Å²) < 4.78 is 27.1. The van der Waals surface area contributed by atoms with Gasteiger partial charge in [0.1, 0.15) is 22.9 Å². The summed E-state index contributed by atoms with van der Waals surface area (Å²) in [6, 6.07) is 17.4. The molecule has 0 saturated heterocycles. The lowest BCUT2D eigenvalue weighted by Crippen LogP contribution is -2.18. The minimum Gasteiger partial charge on any atom is -0.495 e. The number of nitrogens with one attached hydrogen (secondary N) is 2. The van der Waals surface area contributed by atoms with Crippen molar-refractivity contribution in [2.24, 2.45) is 7.05 Å². The molecule has 0 atom stereocenters. The molecule has 0 aliphatic carbocycles. The van der Waals surface area contributed by atoms with Crippen LogP contribution in [0, 0.1) is 5.95 Å². The first kappa shape index (κ1) is 23.7. The molecule has 2 N–H and O–H groups in total. The molecule has 0 aliphatic heterocycles. The Morgan fingerprint density at radius 2 is 1.73 bits per heavy atom. The molecular weight excluding hydrogens is 475 g/mol. The van der Waals surface area contributed by atoms with Crippen molar-refractivity contribution in [3.63, 3.8) is 0 Å². The second kappa shape index (κ2) is 9.94. The number of rotatable bonds is 7. The van der Waals surface area contributed by atoms with Crippen LogP contribution in [0.15, 0.2) is 73.1 Å². The second-order valence-electron chi connectivity index (χ2n) is 8.11. The summed E-state index contributed by atoms with van der Waals surface area (Å²) in [6.45, 7) is 0. The number of carbonyl (C=O) groups is 1. The first-order valence-corrected chi connectivity index (χ1v) is 11.3. The second-order valence-corrected chi connectivity index (χ2v) is 8.11. The number of benzene rings is 2. The predicted octanol–water partition coefficient (Wildman–Crippen LogP) is 5.07. The Labute approximate surface area is 211 Å². The number of methoxy groups -OCH3 is 1. The highest BCUT2D eigenvalue weighted by atomic mass is 19.1. The van der Waals surface area contributed by atoms with Crippen molar-refractivity contribution in [3.05, 3.63) is 84.7 Å². The Morgan fingerprint density at radius 1 is 0.946 bits per heavy atom. The molecule has 2 aromatic carbocycles. The summed E-state index contributed by atoms with van der Waals surface area (Å²) >= 11 is 0. The third-order valence-corrected chi connectivity index (χ3v) is 5.78. The third-order valence-electron chi connectivity index (χ3n) is 5.78. The topological polar surface area (TPSA) is 103 Å². The largest absolute Gasteiger partial charge is 0.495 e. The highest BCUT2D eigenvalue weighted by Gasteiger charge is 2.14. The molecule has 5 rings (SSSR count). The Balaban J connectivity index is 1.44. The molecule has 37 heavy (non-hydrogen) atoms. The lowest BCUT2D eigenvalue weighted by atomic mass is 10.1. The van der Waals surface area contributed by atoms with Crippen molar-refractivity contribution in [2.75, 3.05) is 19.5 Å². The normalized spacial score (nSPS) is 10.8. The van der Waals surface area contributed by atoms with E-state index >= 15 is 0 Å². The van der Waals surface area contributed by atoms with Gasteiger partial charge in [-0.15, -0.1) is 0 Å². The average molecular weight is 499 g/mol. The molecule has 0 radical (unpaired) electrons. The summed E-state index contributed by atoms with van der Waals surface area (Å²) in [5.74, 6) is 1.39. The van der Waals surface area contributed by atoms with Crippen molar-refractivity contribution in [3.8, 4) is 28.4 Å². The number of pyridine rings is 2. The Bertz CT molecular complexity index is 1620. The molecule has 0 unspecified atom stereocenters. The molecular formula is C27H23FN6O3. The molecule has 0 bridgehead atoms. The van der Waals surface area contributed by atoms with Crippen molar-refractivity contribution < 1.29 is 18.7 Å². The SMILES string of the molecule is CNC(=O)c1cc(Oc2ccc3c(c2)nc(Nc2cc(-c4ccnc(F)c4)ccc2OC)n3C)ccn1. The zero-order valence-electron chi connectivity index (χ0n) is 20.3. The summed E-state index contributed by atoms with van der Waals surface area (Å²) in [7, 11) is 5.02. The summed E-state index contributed by atoms with van der Waals surface area (Å²) in [4.78, 5) is 24.3. The van der Waals surface area contributed by atoms with Gasteiger partial charge in [-0.2, -0.15) is 4.39 Å². The van der Waals surface area contributed by atoms with E-state index in [0.717, 1.165) is 11.1 Å². The molecule has 3 heterocycles. The molecule has 9 nitrogen and oxygen atoms in total. The number of anilines is 2. The van der Waals surface area contributed by atoms with E-state index in [1.54, 1.807) is 32.4 Å². The van der Waals surface area contributed by atoms with Gasteiger partial charge in [0.2, 0.25) is 11.9 Å². The van der Waals surface area contributed by atoms with Crippen LogP contribution >= 0.6 is 0 Å².